The Morgan fingerprint density at radius 1 is 1.02 bits per heavy atom. The van der Waals surface area contributed by atoms with Crippen molar-refractivity contribution in [2.24, 2.45) is 0 Å². The second kappa shape index (κ2) is 11.4. The average molecular weight is 584 g/mol. The van der Waals surface area contributed by atoms with Gasteiger partial charge in [0.1, 0.15) is 11.6 Å². The monoisotopic (exact) mass is 583 g/mol. The number of carbonyl (C=O) groups is 1. The van der Waals surface area contributed by atoms with Crippen LogP contribution in [0.1, 0.15) is 22.5 Å². The number of nitrogens with one attached hydrogen (secondary N) is 4. The summed E-state index contributed by atoms with van der Waals surface area (Å²) in [5.74, 6) is 1.81. The number of carbonyl (C=O) groups excluding carboxylic acids is 1. The minimum absolute atomic E-state index is 0.0363. The number of hydrogen-bond donors (Lipinski definition) is 4. The molecule has 4 N–H and O–H groups in total. The number of aryl methyl sites for hydroxylation is 1. The van der Waals surface area contributed by atoms with E-state index in [9.17, 15) is 18.0 Å². The molecule has 0 aliphatic rings. The molecule has 204 valence electrons. The van der Waals surface area contributed by atoms with Crippen LogP contribution < -0.4 is 16.0 Å². The van der Waals surface area contributed by atoms with Gasteiger partial charge in [0.2, 0.25) is 0 Å². The molecule has 0 saturated heterocycles. The molecule has 0 fully saturated rings. The maximum Gasteiger partial charge on any atom is 0.417 e. The molecule has 0 aliphatic carbocycles. The maximum absolute atomic E-state index is 13.1. The second-order valence-corrected chi connectivity index (χ2v) is 10.1. The van der Waals surface area contributed by atoms with Crippen molar-refractivity contribution >= 4 is 52.0 Å². The summed E-state index contributed by atoms with van der Waals surface area (Å²) in [6.07, 6.45) is -2.53. The summed E-state index contributed by atoms with van der Waals surface area (Å²) in [5.41, 5.74) is 2.13. The van der Waals surface area contributed by atoms with Gasteiger partial charge in [0.25, 0.3) is 0 Å². The molecule has 0 unspecified atom stereocenters. The summed E-state index contributed by atoms with van der Waals surface area (Å²) in [5, 5.41) is 17.0. The van der Waals surface area contributed by atoms with E-state index in [1.807, 2.05) is 36.6 Å². The van der Waals surface area contributed by atoms with Gasteiger partial charge in [0.05, 0.1) is 21.2 Å². The molecule has 0 aliphatic heterocycles. The van der Waals surface area contributed by atoms with Gasteiger partial charge in [-0.25, -0.2) is 14.8 Å². The van der Waals surface area contributed by atoms with E-state index in [0.717, 1.165) is 33.8 Å². The molecule has 2 aromatic carbocycles. The van der Waals surface area contributed by atoms with Gasteiger partial charge in [-0.1, -0.05) is 23.7 Å². The van der Waals surface area contributed by atoms with Crippen molar-refractivity contribution in [3.63, 3.8) is 0 Å². The average Bonchev–Trinajstić information content (AvgIpc) is 3.59. The van der Waals surface area contributed by atoms with Crippen LogP contribution in [-0.4, -0.2) is 26.2 Å². The topological polar surface area (TPSA) is 108 Å². The highest BCUT2D eigenvalue weighted by Crippen LogP contribution is 2.36. The van der Waals surface area contributed by atoms with E-state index in [4.69, 9.17) is 11.6 Å². The summed E-state index contributed by atoms with van der Waals surface area (Å²) >= 11 is 7.25. The molecule has 0 spiro atoms. The Kier molecular flexibility index (Phi) is 7.71. The zero-order chi connectivity index (χ0) is 28.3. The molecule has 8 nitrogen and oxygen atoms in total. The number of aromatic amines is 1. The Labute approximate surface area is 235 Å². The van der Waals surface area contributed by atoms with E-state index in [1.54, 1.807) is 35.7 Å². The number of aromatic nitrogens is 4. The van der Waals surface area contributed by atoms with Crippen LogP contribution in [0.4, 0.5) is 41.0 Å². The molecule has 3 aromatic heterocycles. The van der Waals surface area contributed by atoms with Gasteiger partial charge in [0.15, 0.2) is 5.82 Å². The smallest absolute Gasteiger partial charge is 0.323 e. The zero-order valence-corrected chi connectivity index (χ0v) is 22.4. The lowest BCUT2D eigenvalue weighted by atomic mass is 10.0. The Morgan fingerprint density at radius 3 is 2.52 bits per heavy atom. The van der Waals surface area contributed by atoms with Gasteiger partial charge in [-0.15, -0.1) is 11.3 Å². The first-order chi connectivity index (χ1) is 19.1. The maximum atomic E-state index is 13.1. The van der Waals surface area contributed by atoms with Gasteiger partial charge in [-0.3, -0.25) is 5.10 Å². The third-order valence-electron chi connectivity index (χ3n) is 5.80. The molecule has 40 heavy (non-hydrogen) atoms. The first-order valence-electron chi connectivity index (χ1n) is 11.9. The standard InChI is InChI=1S/C27H21ClF3N7OS/c1-15-11-17(33-26(39)34-18-6-7-20(28)19(13-18)27(29,30)31)5-4-16(15)12-24-32-9-8-23(35-24)36-25-14-21(37-38-25)22-3-2-10-40-22/h2-11,13-14H,12H2,1H3,(H2,33,34,39)(H2,32,35,36,37,38). The largest absolute Gasteiger partial charge is 0.417 e. The molecule has 13 heteroatoms. The van der Waals surface area contributed by atoms with Crippen LogP contribution >= 0.6 is 22.9 Å². The number of urea groups is 1. The van der Waals surface area contributed by atoms with E-state index in [1.165, 1.54) is 6.07 Å². The van der Waals surface area contributed by atoms with E-state index in [0.29, 0.717) is 29.6 Å². The molecule has 5 aromatic rings. The molecule has 5 rings (SSSR count). The molecular weight excluding hydrogens is 563 g/mol. The number of nitrogens with zero attached hydrogens (tertiary/aromatic N) is 3. The fraction of sp³-hybridized carbons (Fsp3) is 0.111. The number of alkyl halides is 3. The predicted molar refractivity (Wildman–Crippen MR) is 150 cm³/mol. The van der Waals surface area contributed by atoms with Crippen LogP contribution in [0.5, 0.6) is 0 Å². The van der Waals surface area contributed by atoms with Crippen molar-refractivity contribution in [3.05, 3.63) is 99.8 Å². The fourth-order valence-corrected chi connectivity index (χ4v) is 4.80. The number of H-pyrrole nitrogens is 1. The first kappa shape index (κ1) is 27.2. The second-order valence-electron chi connectivity index (χ2n) is 8.72. The predicted octanol–water partition coefficient (Wildman–Crippen LogP) is 7.89. The summed E-state index contributed by atoms with van der Waals surface area (Å²) in [6, 6.07) is 15.4. The van der Waals surface area contributed by atoms with Gasteiger partial charge >= 0.3 is 12.2 Å². The summed E-state index contributed by atoms with van der Waals surface area (Å²) in [6.45, 7) is 1.88. The quantitative estimate of drug-likeness (QED) is 0.156. The number of thiophene rings is 1. The number of anilines is 4. The third-order valence-corrected chi connectivity index (χ3v) is 7.04. The minimum atomic E-state index is -4.63. The first-order valence-corrected chi connectivity index (χ1v) is 13.1. The molecule has 0 radical (unpaired) electrons. The van der Waals surface area contributed by atoms with Crippen molar-refractivity contribution in [2.75, 3.05) is 16.0 Å². The number of benzene rings is 2. The fourth-order valence-electron chi connectivity index (χ4n) is 3.88. The molecule has 0 atom stereocenters. The van der Waals surface area contributed by atoms with E-state index in [2.05, 4.69) is 36.1 Å². The van der Waals surface area contributed by atoms with Crippen molar-refractivity contribution in [1.29, 1.82) is 0 Å². The molecule has 3 heterocycles. The van der Waals surface area contributed by atoms with E-state index >= 15 is 0 Å². The van der Waals surface area contributed by atoms with Crippen LogP contribution in [0.25, 0.3) is 10.6 Å². The van der Waals surface area contributed by atoms with Crippen molar-refractivity contribution in [1.82, 2.24) is 20.2 Å². The summed E-state index contributed by atoms with van der Waals surface area (Å²) in [4.78, 5) is 22.4. The minimum Gasteiger partial charge on any atom is -0.323 e. The van der Waals surface area contributed by atoms with Gasteiger partial charge in [-0.05, 0) is 65.9 Å². The van der Waals surface area contributed by atoms with Crippen molar-refractivity contribution in [2.45, 2.75) is 19.5 Å². The van der Waals surface area contributed by atoms with Crippen molar-refractivity contribution in [3.8, 4) is 10.6 Å². The van der Waals surface area contributed by atoms with Gasteiger partial charge < -0.3 is 16.0 Å². The highest BCUT2D eigenvalue weighted by molar-refractivity contribution is 7.13. The molecule has 2 amide bonds. The van der Waals surface area contributed by atoms with Crippen LogP contribution in [0.15, 0.2) is 72.2 Å². The lowest BCUT2D eigenvalue weighted by Gasteiger charge is -2.13. The SMILES string of the molecule is Cc1cc(NC(=O)Nc2ccc(Cl)c(C(F)(F)F)c2)ccc1Cc1nccc(Nc2cc(-c3cccs3)[nH]n2)n1. The lowest BCUT2D eigenvalue weighted by Crippen LogP contribution is -2.20. The van der Waals surface area contributed by atoms with Gasteiger partial charge in [-0.2, -0.15) is 18.3 Å². The molecular formula is C27H21ClF3N7OS. The van der Waals surface area contributed by atoms with Crippen LogP contribution in [-0.2, 0) is 12.6 Å². The Bertz CT molecular complexity index is 1650. The van der Waals surface area contributed by atoms with Crippen molar-refractivity contribution < 1.29 is 18.0 Å². The lowest BCUT2D eigenvalue weighted by molar-refractivity contribution is -0.137. The Hall–Kier alpha value is -4.42. The number of rotatable bonds is 7. The summed E-state index contributed by atoms with van der Waals surface area (Å²) in [7, 11) is 0. The normalized spacial score (nSPS) is 11.3. The van der Waals surface area contributed by atoms with Crippen LogP contribution in [0, 0.1) is 6.92 Å². The Morgan fingerprint density at radius 2 is 1.80 bits per heavy atom. The Balaban J connectivity index is 1.21. The highest BCUT2D eigenvalue weighted by Gasteiger charge is 2.33. The third kappa shape index (κ3) is 6.58. The number of hydrogen-bond acceptors (Lipinski definition) is 6. The molecule has 0 saturated carbocycles. The van der Waals surface area contributed by atoms with E-state index < -0.39 is 22.8 Å². The van der Waals surface area contributed by atoms with Crippen LogP contribution in [0.2, 0.25) is 5.02 Å². The molecule has 0 bridgehead atoms. The zero-order valence-electron chi connectivity index (χ0n) is 20.8. The number of amides is 2. The van der Waals surface area contributed by atoms with Gasteiger partial charge in [0, 0.05) is 30.1 Å². The van der Waals surface area contributed by atoms with E-state index in [-0.39, 0.29) is 5.69 Å². The highest BCUT2D eigenvalue weighted by atomic mass is 35.5. The number of halogens is 4. The summed E-state index contributed by atoms with van der Waals surface area (Å²) < 4.78 is 39.3. The van der Waals surface area contributed by atoms with Crippen LogP contribution in [0.3, 0.4) is 0 Å².